The molecule has 155 valence electrons. The first-order chi connectivity index (χ1) is 14.6. The molecular weight excluding hydrogens is 372 g/mol. The SMILES string of the molecule is Cc1ccc(-c2cc3cnc(N4CC[CH]CC4)nc3n(C3CCCC3)c2=O)cc1C. The number of pyridine rings is 1. The first-order valence-electron chi connectivity index (χ1n) is 11.2. The molecule has 0 spiro atoms. The molecule has 3 heterocycles. The molecule has 1 aliphatic carbocycles. The Labute approximate surface area is 177 Å². The van der Waals surface area contributed by atoms with E-state index >= 15 is 0 Å². The molecule has 0 unspecified atom stereocenters. The highest BCUT2D eigenvalue weighted by Gasteiger charge is 2.24. The maximum atomic E-state index is 13.7. The largest absolute Gasteiger partial charge is 0.341 e. The van der Waals surface area contributed by atoms with Crippen LogP contribution in [0.25, 0.3) is 22.2 Å². The van der Waals surface area contributed by atoms with Crippen molar-refractivity contribution in [2.75, 3.05) is 18.0 Å². The Bertz CT molecular complexity index is 1140. The fraction of sp³-hybridized carbons (Fsp3) is 0.440. The number of hydrogen-bond donors (Lipinski definition) is 0. The van der Waals surface area contributed by atoms with Crippen LogP contribution in [0.1, 0.15) is 55.7 Å². The molecule has 30 heavy (non-hydrogen) atoms. The summed E-state index contributed by atoms with van der Waals surface area (Å²) in [5, 5.41) is 0.946. The van der Waals surface area contributed by atoms with Gasteiger partial charge in [0, 0.05) is 36.3 Å². The summed E-state index contributed by atoms with van der Waals surface area (Å²) in [4.78, 5) is 25.6. The van der Waals surface area contributed by atoms with E-state index in [0.29, 0.717) is 0 Å². The van der Waals surface area contributed by atoms with Gasteiger partial charge in [-0.15, -0.1) is 0 Å². The average molecular weight is 402 g/mol. The number of benzene rings is 1. The number of piperidine rings is 1. The zero-order valence-electron chi connectivity index (χ0n) is 17.9. The maximum absolute atomic E-state index is 13.7. The van der Waals surface area contributed by atoms with Gasteiger partial charge in [-0.1, -0.05) is 31.0 Å². The lowest BCUT2D eigenvalue weighted by molar-refractivity contribution is 0.516. The lowest BCUT2D eigenvalue weighted by Crippen LogP contribution is -2.32. The van der Waals surface area contributed by atoms with Crippen molar-refractivity contribution in [3.05, 3.63) is 58.4 Å². The van der Waals surface area contributed by atoms with Gasteiger partial charge in [0.2, 0.25) is 5.95 Å². The van der Waals surface area contributed by atoms with Gasteiger partial charge in [0.1, 0.15) is 5.65 Å². The fourth-order valence-electron chi connectivity index (χ4n) is 4.83. The maximum Gasteiger partial charge on any atom is 0.260 e. The molecule has 0 amide bonds. The van der Waals surface area contributed by atoms with Crippen LogP contribution in [0.3, 0.4) is 0 Å². The van der Waals surface area contributed by atoms with E-state index in [2.05, 4.69) is 48.4 Å². The molecule has 3 aromatic rings. The standard InChI is InChI=1S/C25H29N4O/c1-17-10-11-19(14-18(17)2)22-15-20-16-26-25(28-12-6-3-7-13-28)27-23(20)29(24(22)30)21-8-4-5-9-21/h3,10-11,14-16,21H,4-9,12-13H2,1-2H3. The van der Waals surface area contributed by atoms with Gasteiger partial charge in [0.05, 0.1) is 0 Å². The highest BCUT2D eigenvalue weighted by atomic mass is 16.1. The van der Waals surface area contributed by atoms with Gasteiger partial charge >= 0.3 is 0 Å². The third kappa shape index (κ3) is 3.40. The van der Waals surface area contributed by atoms with Crippen LogP contribution in [-0.2, 0) is 0 Å². The van der Waals surface area contributed by atoms with E-state index in [-0.39, 0.29) is 11.6 Å². The van der Waals surface area contributed by atoms with Crippen molar-refractivity contribution in [1.82, 2.24) is 14.5 Å². The van der Waals surface area contributed by atoms with Gasteiger partial charge in [-0.25, -0.2) is 4.98 Å². The lowest BCUT2D eigenvalue weighted by atomic mass is 10.0. The summed E-state index contributed by atoms with van der Waals surface area (Å²) in [5.74, 6) is 0.751. The fourth-order valence-corrected chi connectivity index (χ4v) is 4.83. The van der Waals surface area contributed by atoms with Crippen LogP contribution in [0.5, 0.6) is 0 Å². The molecule has 1 saturated heterocycles. The Kier molecular flexibility index (Phi) is 5.05. The van der Waals surface area contributed by atoms with Crippen LogP contribution in [0.15, 0.2) is 35.3 Å². The summed E-state index contributed by atoms with van der Waals surface area (Å²) in [6, 6.07) is 8.49. The first-order valence-corrected chi connectivity index (χ1v) is 11.2. The topological polar surface area (TPSA) is 51.0 Å². The number of rotatable bonds is 3. The second-order valence-electron chi connectivity index (χ2n) is 8.77. The molecule has 5 nitrogen and oxygen atoms in total. The lowest BCUT2D eigenvalue weighted by Gasteiger charge is -2.27. The monoisotopic (exact) mass is 401 g/mol. The zero-order chi connectivity index (χ0) is 20.7. The smallest absolute Gasteiger partial charge is 0.260 e. The first kappa shape index (κ1) is 19.3. The molecule has 0 atom stereocenters. The summed E-state index contributed by atoms with van der Waals surface area (Å²) in [7, 11) is 0. The Morgan fingerprint density at radius 3 is 2.50 bits per heavy atom. The van der Waals surface area contributed by atoms with Crippen LogP contribution < -0.4 is 10.5 Å². The second kappa shape index (κ2) is 7.86. The summed E-state index contributed by atoms with van der Waals surface area (Å²) < 4.78 is 1.98. The zero-order valence-corrected chi connectivity index (χ0v) is 17.9. The van der Waals surface area contributed by atoms with E-state index in [1.807, 2.05) is 16.8 Å². The molecular formula is C25H29N4O. The van der Waals surface area contributed by atoms with Crippen molar-refractivity contribution < 1.29 is 0 Å². The quantitative estimate of drug-likeness (QED) is 0.620. The minimum atomic E-state index is 0.0780. The Balaban J connectivity index is 1.70. The van der Waals surface area contributed by atoms with Crippen LogP contribution in [-0.4, -0.2) is 27.6 Å². The number of aromatic nitrogens is 3. The highest BCUT2D eigenvalue weighted by Crippen LogP contribution is 2.32. The van der Waals surface area contributed by atoms with Gasteiger partial charge in [0.15, 0.2) is 0 Å². The summed E-state index contributed by atoms with van der Waals surface area (Å²) in [5.41, 5.74) is 5.04. The molecule has 2 fully saturated rings. The minimum absolute atomic E-state index is 0.0780. The average Bonchev–Trinajstić information content (AvgIpc) is 3.30. The Hall–Kier alpha value is -2.69. The van der Waals surface area contributed by atoms with Gasteiger partial charge in [0.25, 0.3) is 5.56 Å². The summed E-state index contributed by atoms with van der Waals surface area (Å²) in [6.07, 6.45) is 10.8. The van der Waals surface area contributed by atoms with E-state index < -0.39 is 0 Å². The van der Waals surface area contributed by atoms with Gasteiger partial charge in [-0.05, 0) is 68.7 Å². The molecule has 2 aromatic heterocycles. The van der Waals surface area contributed by atoms with Crippen LogP contribution >= 0.6 is 0 Å². The molecule has 5 heteroatoms. The van der Waals surface area contributed by atoms with E-state index in [0.717, 1.165) is 66.9 Å². The third-order valence-corrected chi connectivity index (χ3v) is 6.76. The van der Waals surface area contributed by atoms with E-state index in [1.54, 1.807) is 0 Å². The molecule has 5 rings (SSSR count). The number of nitrogens with zero attached hydrogens (tertiary/aromatic N) is 4. The van der Waals surface area contributed by atoms with Gasteiger partial charge in [-0.2, -0.15) is 4.98 Å². The summed E-state index contributed by atoms with van der Waals surface area (Å²) >= 11 is 0. The molecule has 0 N–H and O–H groups in total. The molecule has 1 aromatic carbocycles. The van der Waals surface area contributed by atoms with Crippen molar-refractivity contribution in [3.8, 4) is 11.1 Å². The second-order valence-corrected chi connectivity index (χ2v) is 8.77. The normalized spacial score (nSPS) is 17.7. The minimum Gasteiger partial charge on any atom is -0.341 e. The van der Waals surface area contributed by atoms with Crippen LogP contribution in [0.4, 0.5) is 5.95 Å². The van der Waals surface area contributed by atoms with Crippen molar-refractivity contribution in [2.24, 2.45) is 0 Å². The van der Waals surface area contributed by atoms with Gasteiger partial charge in [-0.3, -0.25) is 9.36 Å². The Morgan fingerprint density at radius 1 is 1.00 bits per heavy atom. The van der Waals surface area contributed by atoms with E-state index in [4.69, 9.17) is 4.98 Å². The molecule has 1 saturated carbocycles. The number of hydrogen-bond acceptors (Lipinski definition) is 4. The third-order valence-electron chi connectivity index (χ3n) is 6.76. The van der Waals surface area contributed by atoms with E-state index in [1.165, 1.54) is 24.0 Å². The Morgan fingerprint density at radius 2 is 1.77 bits per heavy atom. The number of aryl methyl sites for hydroxylation is 2. The summed E-state index contributed by atoms with van der Waals surface area (Å²) in [6.45, 7) is 6.09. The molecule has 1 radical (unpaired) electrons. The molecule has 2 aliphatic rings. The molecule has 1 aliphatic heterocycles. The number of fused-ring (bicyclic) bond motifs is 1. The van der Waals surface area contributed by atoms with Crippen LogP contribution in [0, 0.1) is 20.3 Å². The predicted octanol–water partition coefficient (Wildman–Crippen LogP) is 4.99. The molecule has 0 bridgehead atoms. The van der Waals surface area contributed by atoms with Crippen molar-refractivity contribution >= 4 is 17.0 Å². The van der Waals surface area contributed by atoms with Crippen molar-refractivity contribution in [1.29, 1.82) is 0 Å². The van der Waals surface area contributed by atoms with Crippen molar-refractivity contribution in [2.45, 2.75) is 58.4 Å². The predicted molar refractivity (Wildman–Crippen MR) is 122 cm³/mol. The van der Waals surface area contributed by atoms with Gasteiger partial charge < -0.3 is 4.90 Å². The van der Waals surface area contributed by atoms with Crippen molar-refractivity contribution in [3.63, 3.8) is 0 Å². The highest BCUT2D eigenvalue weighted by molar-refractivity contribution is 5.82. The number of anilines is 1. The van der Waals surface area contributed by atoms with Crippen LogP contribution in [0.2, 0.25) is 0 Å². The van der Waals surface area contributed by atoms with E-state index in [9.17, 15) is 4.79 Å².